The molecule has 0 saturated heterocycles. The molecule has 4 heteroatoms. The van der Waals surface area contributed by atoms with Crippen LogP contribution in [0.5, 0.6) is 0 Å². The summed E-state index contributed by atoms with van der Waals surface area (Å²) in [6, 6.07) is 1.70. The van der Waals surface area contributed by atoms with Crippen LogP contribution in [-0.2, 0) is 4.79 Å². The largest absolute Gasteiger partial charge is 0.298 e. The first kappa shape index (κ1) is 6.69. The number of halogens is 1. The van der Waals surface area contributed by atoms with Gasteiger partial charge in [0.25, 0.3) is 0 Å². The molecular formula is C3H3IN2O. The number of nitriles is 1. The second-order valence-corrected chi connectivity index (χ2v) is 1.39. The van der Waals surface area contributed by atoms with Crippen molar-refractivity contribution in [3.8, 4) is 6.07 Å². The van der Waals surface area contributed by atoms with Gasteiger partial charge in [-0.1, -0.05) is 0 Å². The Morgan fingerprint density at radius 3 is 2.71 bits per heavy atom. The van der Waals surface area contributed by atoms with Crippen LogP contribution < -0.4 is 3.53 Å². The van der Waals surface area contributed by atoms with E-state index in [9.17, 15) is 4.79 Å². The summed E-state index contributed by atoms with van der Waals surface area (Å²) in [5.74, 6) is -0.247. The maximum Gasteiger partial charge on any atom is 0.242 e. The van der Waals surface area contributed by atoms with E-state index in [0.717, 1.165) is 0 Å². The first-order valence-corrected chi connectivity index (χ1v) is 2.65. The molecule has 1 N–H and O–H groups in total. The first-order chi connectivity index (χ1) is 3.31. The normalized spacial score (nSPS) is 6.86. The average molecular weight is 210 g/mol. The number of nitrogens with zero attached hydrogens (tertiary/aromatic N) is 1. The summed E-state index contributed by atoms with van der Waals surface area (Å²) in [6.07, 6.45) is -0.0526. The lowest BCUT2D eigenvalue weighted by atomic mass is 10.5. The number of amides is 1. The third kappa shape index (κ3) is 3.52. The van der Waals surface area contributed by atoms with Crippen LogP contribution in [0.15, 0.2) is 0 Å². The Hall–Kier alpha value is -0.310. The lowest BCUT2D eigenvalue weighted by Gasteiger charge is -1.82. The van der Waals surface area contributed by atoms with E-state index in [1.54, 1.807) is 28.9 Å². The number of hydrogen-bond donors (Lipinski definition) is 1. The Bertz CT molecular complexity index is 106. The van der Waals surface area contributed by atoms with Crippen LogP contribution in [0.1, 0.15) is 6.42 Å². The Morgan fingerprint density at radius 1 is 2.00 bits per heavy atom. The number of carbonyl (C=O) groups excluding carboxylic acids is 1. The Labute approximate surface area is 55.2 Å². The zero-order valence-corrected chi connectivity index (χ0v) is 5.60. The van der Waals surface area contributed by atoms with Gasteiger partial charge >= 0.3 is 0 Å². The van der Waals surface area contributed by atoms with Crippen molar-refractivity contribution in [1.29, 1.82) is 5.26 Å². The van der Waals surface area contributed by atoms with Gasteiger partial charge in [-0.3, -0.25) is 8.32 Å². The molecule has 0 aromatic carbocycles. The third-order valence-electron chi connectivity index (χ3n) is 0.345. The van der Waals surface area contributed by atoms with Crippen LogP contribution in [0, 0.1) is 11.3 Å². The van der Waals surface area contributed by atoms with E-state index in [1.807, 2.05) is 0 Å². The van der Waals surface area contributed by atoms with Crippen molar-refractivity contribution in [2.24, 2.45) is 0 Å². The molecule has 0 radical (unpaired) electrons. The molecule has 3 nitrogen and oxygen atoms in total. The summed E-state index contributed by atoms with van der Waals surface area (Å²) in [5, 5.41) is 7.85. The van der Waals surface area contributed by atoms with Crippen LogP contribution in [-0.4, -0.2) is 5.91 Å². The fraction of sp³-hybridized carbons (Fsp3) is 0.333. The highest BCUT2D eigenvalue weighted by Gasteiger charge is 1.91. The highest BCUT2D eigenvalue weighted by atomic mass is 127. The molecule has 0 aromatic rings. The minimum absolute atomic E-state index is 0.0526. The SMILES string of the molecule is N#CCC(=O)NI. The van der Waals surface area contributed by atoms with Crippen molar-refractivity contribution in [3.05, 3.63) is 0 Å². The minimum atomic E-state index is -0.247. The lowest BCUT2D eigenvalue weighted by Crippen LogP contribution is -2.08. The van der Waals surface area contributed by atoms with Crippen LogP contribution in [0.4, 0.5) is 0 Å². The Balaban J connectivity index is 3.23. The van der Waals surface area contributed by atoms with Gasteiger partial charge in [-0.15, -0.1) is 0 Å². The molecule has 1 amide bonds. The zero-order valence-electron chi connectivity index (χ0n) is 3.44. The number of hydrogen-bond acceptors (Lipinski definition) is 2. The number of rotatable bonds is 1. The van der Waals surface area contributed by atoms with E-state index in [1.165, 1.54) is 0 Å². The first-order valence-electron chi connectivity index (χ1n) is 1.57. The van der Waals surface area contributed by atoms with Gasteiger partial charge in [-0.2, -0.15) is 5.26 Å². The molecule has 0 unspecified atom stereocenters. The molecule has 0 atom stereocenters. The Kier molecular flexibility index (Phi) is 3.69. The van der Waals surface area contributed by atoms with Gasteiger partial charge in [0.05, 0.1) is 28.9 Å². The quantitative estimate of drug-likeness (QED) is 0.502. The van der Waals surface area contributed by atoms with E-state index in [2.05, 4.69) is 3.53 Å². The van der Waals surface area contributed by atoms with E-state index in [0.29, 0.717) is 0 Å². The maximum absolute atomic E-state index is 10.1. The van der Waals surface area contributed by atoms with Gasteiger partial charge in [-0.25, -0.2) is 0 Å². The van der Waals surface area contributed by atoms with E-state index in [4.69, 9.17) is 5.26 Å². The molecule has 0 aliphatic heterocycles. The van der Waals surface area contributed by atoms with Crippen molar-refractivity contribution in [3.63, 3.8) is 0 Å². The molecule has 0 saturated carbocycles. The smallest absolute Gasteiger partial charge is 0.242 e. The second-order valence-electron chi connectivity index (χ2n) is 0.853. The summed E-state index contributed by atoms with van der Waals surface area (Å²) < 4.78 is 2.27. The molecule has 0 heterocycles. The van der Waals surface area contributed by atoms with Gasteiger partial charge in [0, 0.05) is 0 Å². The van der Waals surface area contributed by atoms with Crippen molar-refractivity contribution < 1.29 is 4.79 Å². The molecule has 0 fully saturated rings. The summed E-state index contributed by atoms with van der Waals surface area (Å²) in [7, 11) is 0. The van der Waals surface area contributed by atoms with Crippen LogP contribution >= 0.6 is 22.9 Å². The Morgan fingerprint density at radius 2 is 2.57 bits per heavy atom. The lowest BCUT2D eigenvalue weighted by molar-refractivity contribution is -0.117. The minimum Gasteiger partial charge on any atom is -0.298 e. The molecule has 0 rings (SSSR count). The summed E-state index contributed by atoms with van der Waals surface area (Å²) in [4.78, 5) is 10.1. The molecule has 0 aromatic heterocycles. The maximum atomic E-state index is 10.1. The van der Waals surface area contributed by atoms with Crippen molar-refractivity contribution >= 4 is 28.8 Å². The molecule has 0 aliphatic carbocycles. The van der Waals surface area contributed by atoms with Gasteiger partial charge in [0.2, 0.25) is 5.91 Å². The fourth-order valence-electron chi connectivity index (χ4n) is 0.105. The van der Waals surface area contributed by atoms with Gasteiger partial charge in [0.1, 0.15) is 6.42 Å². The number of carbonyl (C=O) groups is 1. The van der Waals surface area contributed by atoms with Crippen molar-refractivity contribution in [2.75, 3.05) is 0 Å². The molecule has 0 aliphatic rings. The topological polar surface area (TPSA) is 52.9 Å². The standard InChI is InChI=1S/C3H3IN2O/c4-6-3(7)1-2-5/h1H2,(H,6,7). The molecular weight excluding hydrogens is 207 g/mol. The highest BCUT2D eigenvalue weighted by molar-refractivity contribution is 14.1. The highest BCUT2D eigenvalue weighted by Crippen LogP contribution is 1.76. The molecule has 0 spiro atoms. The van der Waals surface area contributed by atoms with Crippen molar-refractivity contribution in [1.82, 2.24) is 3.53 Å². The second kappa shape index (κ2) is 3.87. The predicted octanol–water partition coefficient (Wildman–Crippen LogP) is 0.366. The summed E-state index contributed by atoms with van der Waals surface area (Å²) >= 11 is 1.69. The van der Waals surface area contributed by atoms with E-state index < -0.39 is 0 Å². The van der Waals surface area contributed by atoms with Gasteiger partial charge in [-0.05, 0) is 0 Å². The summed E-state index contributed by atoms with van der Waals surface area (Å²) in [5.41, 5.74) is 0. The number of nitrogens with one attached hydrogen (secondary N) is 1. The summed E-state index contributed by atoms with van der Waals surface area (Å²) in [6.45, 7) is 0. The van der Waals surface area contributed by atoms with Crippen LogP contribution in [0.25, 0.3) is 0 Å². The van der Waals surface area contributed by atoms with Crippen LogP contribution in [0.3, 0.4) is 0 Å². The van der Waals surface area contributed by atoms with Gasteiger partial charge in [0.15, 0.2) is 0 Å². The molecule has 38 valence electrons. The molecule has 7 heavy (non-hydrogen) atoms. The average Bonchev–Trinajstić information content (AvgIpc) is 1.68. The van der Waals surface area contributed by atoms with E-state index in [-0.39, 0.29) is 12.3 Å². The van der Waals surface area contributed by atoms with Crippen molar-refractivity contribution in [2.45, 2.75) is 6.42 Å². The predicted molar refractivity (Wildman–Crippen MR) is 32.4 cm³/mol. The monoisotopic (exact) mass is 210 g/mol. The molecule has 0 bridgehead atoms. The zero-order chi connectivity index (χ0) is 5.70. The van der Waals surface area contributed by atoms with E-state index >= 15 is 0 Å². The van der Waals surface area contributed by atoms with Crippen LogP contribution in [0.2, 0.25) is 0 Å². The fourth-order valence-corrected chi connectivity index (χ4v) is 0.296. The van der Waals surface area contributed by atoms with Gasteiger partial charge < -0.3 is 0 Å². The third-order valence-corrected chi connectivity index (χ3v) is 0.947.